The Morgan fingerprint density at radius 3 is 0.986 bits per heavy atom. The van der Waals surface area contributed by atoms with Crippen LogP contribution in [0.25, 0.3) is 40.4 Å². The maximum absolute atomic E-state index is 14.1. The van der Waals surface area contributed by atoms with E-state index in [4.69, 9.17) is 0 Å². The van der Waals surface area contributed by atoms with Gasteiger partial charge in [-0.15, -0.1) is 20.4 Å². The van der Waals surface area contributed by atoms with Crippen molar-refractivity contribution in [2.24, 2.45) is 0 Å². The highest BCUT2D eigenvalue weighted by atomic mass is 19.4. The van der Waals surface area contributed by atoms with E-state index >= 15 is 0 Å². The third-order valence-electron chi connectivity index (χ3n) is 24.1. The molecule has 7 aromatic carbocycles. The van der Waals surface area contributed by atoms with Crippen molar-refractivity contribution in [1.29, 1.82) is 0 Å². The molecule has 0 fully saturated rings. The molecule has 3 aliphatic rings. The van der Waals surface area contributed by atoms with E-state index in [2.05, 4.69) is 236 Å². The smallest absolute Gasteiger partial charge is 0.368 e. The molecule has 0 radical (unpaired) electrons. The fourth-order valence-electron chi connectivity index (χ4n) is 17.1. The fraction of sp³-hybridized carbons (Fsp3) is 0.264. The molecule has 3 aliphatic carbocycles. The lowest BCUT2D eigenvalue weighted by Crippen LogP contribution is -2.28. The summed E-state index contributed by atoms with van der Waals surface area (Å²) in [6.07, 6.45) is 9.76. The van der Waals surface area contributed by atoms with Gasteiger partial charge in [-0.3, -0.25) is 4.40 Å². The van der Waals surface area contributed by atoms with Gasteiger partial charge >= 0.3 is 12.1 Å². The number of aryl methyl sites for hydroxylation is 13. The summed E-state index contributed by atoms with van der Waals surface area (Å²) in [6, 6.07) is 72.0. The van der Waals surface area contributed by atoms with E-state index in [1.807, 2.05) is 182 Å². The monoisotopic (exact) mass is 1970 g/mol. The van der Waals surface area contributed by atoms with Gasteiger partial charge in [-0.25, -0.2) is 44.3 Å². The number of fused-ring (bicyclic) bond motifs is 10. The van der Waals surface area contributed by atoms with Gasteiger partial charge in [0.25, 0.3) is 40.5 Å². The standard InChI is InChI=1S/C17H18N4.C16H18FN5.C16H17N5.C15H15F2N5.C15H15N5.C14H12F3N5.C13H13N5/c1-12-10-16(21-9-8-18-17(21)19-12)20-15-7-6-13-4-2-3-5-14(13)11-15;1-10-5-7-12(8-6-10)19-13-9-11(2)18-15-20-14(16(3,4)17)21-22(13)15;1-10-7-15(21-16(17-10)18-11(2)20-21)19-14-8-12-5-3-4-6-13(12)9-14;1-9-4-6-11(7-5-9)19-12-8-10(2)18-14-20-13(15(3,16)17)21-22(12)14;1-10-6-14(20-15(18-10)16-9-17-20)19-13-7-11-4-2-3-5-12(11)8-13;1-8-3-5-10(6-4-8)19-11-7-9(2)18-13-20-12(14(15,16)17)21-22(11)13;1-9-3-5-11(6-4-9)17-12-7-10(2)16-13-14-8-15-18(12)13/h2-5,8-10,15,20H,6-7,11H2,1H3;5-9,19H,1-4H3;3-7,14,19H,8-9H2,1-2H3;4-8,19H,1-3H3;2-6,9,13,19H,7-8H2,1H3;3-7,19H,1-2H3;3-8,17H,1-2H3. The van der Waals surface area contributed by atoms with Crippen LogP contribution < -0.4 is 37.2 Å². The number of hydrogen-bond acceptors (Lipinski definition) is 27. The van der Waals surface area contributed by atoms with Gasteiger partial charge in [0.1, 0.15) is 59.2 Å². The van der Waals surface area contributed by atoms with Crippen molar-refractivity contribution in [3.8, 4) is 0 Å². The Bertz CT molecular complexity index is 7830. The highest BCUT2D eigenvalue weighted by Gasteiger charge is 2.38. The number of hydrogen-bond donors (Lipinski definition) is 7. The zero-order chi connectivity index (χ0) is 102. The molecule has 1 atom stereocenters. The number of rotatable bonds is 16. The molecule has 14 aromatic heterocycles. The predicted molar refractivity (Wildman–Crippen MR) is 551 cm³/mol. The van der Waals surface area contributed by atoms with Crippen molar-refractivity contribution in [3.63, 3.8) is 0 Å². The first-order valence-corrected chi connectivity index (χ1v) is 47.6. The molecule has 0 saturated heterocycles. The first-order valence-electron chi connectivity index (χ1n) is 47.6. The Morgan fingerprint density at radius 1 is 0.288 bits per heavy atom. The molecule has 0 amide bonds. The molecule has 0 aliphatic heterocycles. The minimum Gasteiger partial charge on any atom is -0.368 e. The van der Waals surface area contributed by atoms with E-state index in [0.29, 0.717) is 70.1 Å². The second-order valence-electron chi connectivity index (χ2n) is 37.0. The van der Waals surface area contributed by atoms with Gasteiger partial charge in [0.15, 0.2) is 11.5 Å². The first kappa shape index (κ1) is 98.8. The second kappa shape index (κ2) is 42.0. The van der Waals surface area contributed by atoms with Gasteiger partial charge < -0.3 is 37.2 Å². The normalized spacial score (nSPS) is 13.3. The Balaban J connectivity index is 0.000000112. The van der Waals surface area contributed by atoms with Crippen molar-refractivity contribution < 1.29 is 26.3 Å². The predicted octanol–water partition coefficient (Wildman–Crippen LogP) is 20.6. The Hall–Kier alpha value is -17.4. The molecule has 24 rings (SSSR count). The van der Waals surface area contributed by atoms with E-state index in [1.165, 1.54) is 80.0 Å². The van der Waals surface area contributed by atoms with E-state index in [9.17, 15) is 26.3 Å². The maximum Gasteiger partial charge on any atom is 0.453 e. The third-order valence-corrected chi connectivity index (χ3v) is 24.1. The lowest BCUT2D eigenvalue weighted by Gasteiger charge is -2.26. The van der Waals surface area contributed by atoms with Gasteiger partial charge in [0.2, 0.25) is 11.6 Å². The molecular formula is C106H108F6N34. The van der Waals surface area contributed by atoms with Gasteiger partial charge in [-0.05, 0) is 224 Å². The van der Waals surface area contributed by atoms with Crippen molar-refractivity contribution in [2.75, 3.05) is 37.2 Å². The van der Waals surface area contributed by atoms with Gasteiger partial charge in [0, 0.05) is 143 Å². The molecule has 34 nitrogen and oxygen atoms in total. The van der Waals surface area contributed by atoms with Crippen LogP contribution >= 0.6 is 0 Å². The number of aromatic nitrogens is 27. The molecule has 0 spiro atoms. The number of nitrogens with zero attached hydrogens (tertiary/aromatic N) is 27. The summed E-state index contributed by atoms with van der Waals surface area (Å²) >= 11 is 0. The SMILES string of the molecule is Cc1cc(NC2CCc3ccccc3C2)n2ccnc2n1.Cc1cc(NC2Cc3ccccc3C2)n2nc(C)nc2n1.Cc1cc(NC2Cc3ccccc3C2)n2ncnc2n1.Cc1ccc(Nc2cc(C)nc3nc(C(C)(C)F)nn23)cc1.Cc1ccc(Nc2cc(C)nc3nc(C(C)(F)F)nn23)cc1.Cc1ccc(Nc2cc(C)nc3nc(C(F)(F)F)nn23)cc1.Cc1ccc(Nc2cc(C)nc3ncnn23)cc1. The molecule has 7 N–H and O–H groups in total. The van der Waals surface area contributed by atoms with E-state index in [0.717, 1.165) is 154 Å². The van der Waals surface area contributed by atoms with Crippen LogP contribution in [0.15, 0.2) is 237 Å². The fourth-order valence-corrected chi connectivity index (χ4v) is 17.1. The van der Waals surface area contributed by atoms with Crippen molar-refractivity contribution >= 4 is 104 Å². The molecule has 0 saturated carbocycles. The average Bonchev–Trinajstić information content (AvgIpc) is 1.64. The lowest BCUT2D eigenvalue weighted by atomic mass is 9.88. The number of nitrogens with one attached hydrogen (secondary N) is 7. The number of anilines is 11. The summed E-state index contributed by atoms with van der Waals surface area (Å²) in [5, 5.41) is 48.1. The van der Waals surface area contributed by atoms with Crippen LogP contribution in [-0.4, -0.2) is 150 Å². The van der Waals surface area contributed by atoms with Gasteiger partial charge in [-0.1, -0.05) is 144 Å². The highest BCUT2D eigenvalue weighted by molar-refractivity contribution is 5.64. The topological polar surface area (TPSA) is 373 Å². The largest absolute Gasteiger partial charge is 0.453 e. The van der Waals surface area contributed by atoms with Crippen LogP contribution in [0, 0.1) is 83.1 Å². The minimum absolute atomic E-state index is 0.0954. The molecule has 40 heteroatoms. The van der Waals surface area contributed by atoms with Crippen molar-refractivity contribution in [3.05, 3.63) is 356 Å². The van der Waals surface area contributed by atoms with Crippen LogP contribution in [0.3, 0.4) is 0 Å². The quantitative estimate of drug-likeness (QED) is 0.0442. The van der Waals surface area contributed by atoms with Crippen molar-refractivity contribution in [1.82, 2.24) is 132 Å². The van der Waals surface area contributed by atoms with E-state index < -0.39 is 29.4 Å². The summed E-state index contributed by atoms with van der Waals surface area (Å²) < 4.78 is 90.3. The average molecular weight is 1970 g/mol. The zero-order valence-corrected chi connectivity index (χ0v) is 83.0. The lowest BCUT2D eigenvalue weighted by molar-refractivity contribution is -0.144. The number of alkyl halides is 6. The van der Waals surface area contributed by atoms with Crippen LogP contribution in [0.5, 0.6) is 0 Å². The molecule has 0 bridgehead atoms. The maximum atomic E-state index is 14.1. The van der Waals surface area contributed by atoms with Crippen LogP contribution in [0.4, 0.5) is 89.8 Å². The number of halogens is 6. The summed E-state index contributed by atoms with van der Waals surface area (Å²) in [5.74, 6) is 4.58. The number of benzene rings is 7. The summed E-state index contributed by atoms with van der Waals surface area (Å²) in [6.45, 7) is 26.8. The Kier molecular flexibility index (Phi) is 28.5. The molecular weight excluding hydrogens is 1860 g/mol. The van der Waals surface area contributed by atoms with Crippen LogP contribution in [0.2, 0.25) is 0 Å². The highest BCUT2D eigenvalue weighted by Crippen LogP contribution is 2.34. The summed E-state index contributed by atoms with van der Waals surface area (Å²) in [4.78, 5) is 58.3. The molecule has 14 heterocycles. The van der Waals surface area contributed by atoms with Gasteiger partial charge in [0.05, 0.1) is 0 Å². The molecule has 1 unspecified atom stereocenters. The van der Waals surface area contributed by atoms with Crippen LogP contribution in [-0.2, 0) is 56.3 Å². The van der Waals surface area contributed by atoms with E-state index in [1.54, 1.807) is 45.7 Å². The summed E-state index contributed by atoms with van der Waals surface area (Å²) in [5.41, 5.74) is 21.0. The first-order chi connectivity index (χ1) is 70.0. The van der Waals surface area contributed by atoms with Gasteiger partial charge in [-0.2, -0.15) is 89.1 Å². The Labute approximate surface area is 835 Å². The number of imidazole rings is 1. The molecule has 744 valence electrons. The van der Waals surface area contributed by atoms with E-state index in [-0.39, 0.29) is 17.4 Å². The van der Waals surface area contributed by atoms with Crippen LogP contribution in [0.1, 0.15) is 146 Å². The summed E-state index contributed by atoms with van der Waals surface area (Å²) in [7, 11) is 0. The second-order valence-corrected chi connectivity index (χ2v) is 37.0. The minimum atomic E-state index is -4.61. The molecule has 21 aromatic rings. The zero-order valence-electron chi connectivity index (χ0n) is 83.0. The molecule has 146 heavy (non-hydrogen) atoms. The third kappa shape index (κ3) is 24.0. The Morgan fingerprint density at radius 2 is 0.589 bits per heavy atom. The van der Waals surface area contributed by atoms with Crippen molar-refractivity contribution in [2.45, 2.75) is 185 Å².